The van der Waals surface area contributed by atoms with Crippen LogP contribution in [0.1, 0.15) is 151 Å². The molecule has 0 saturated carbocycles. The number of anilines is 2. The van der Waals surface area contributed by atoms with E-state index in [2.05, 4.69) is 132 Å². The van der Waals surface area contributed by atoms with Gasteiger partial charge >= 0.3 is 0 Å². The Morgan fingerprint density at radius 2 is 0.632 bits per heavy atom. The van der Waals surface area contributed by atoms with Crippen LogP contribution in [0.3, 0.4) is 0 Å². The van der Waals surface area contributed by atoms with Crippen molar-refractivity contribution in [2.75, 3.05) is 11.5 Å². The van der Waals surface area contributed by atoms with Gasteiger partial charge in [-0.15, -0.1) is 0 Å². The molecule has 0 radical (unpaired) electrons. The van der Waals surface area contributed by atoms with Crippen molar-refractivity contribution in [3.05, 3.63) is 93.0 Å². The molecule has 2 nitrogen and oxygen atoms in total. The zero-order valence-corrected chi connectivity index (χ0v) is 26.1. The molecule has 0 heterocycles. The van der Waals surface area contributed by atoms with E-state index in [1.54, 1.807) is 0 Å². The second-order valence-corrected chi connectivity index (χ2v) is 13.6. The summed E-state index contributed by atoms with van der Waals surface area (Å²) in [5, 5.41) is 0. The van der Waals surface area contributed by atoms with Gasteiger partial charge in [-0.3, -0.25) is 0 Å². The summed E-state index contributed by atoms with van der Waals surface area (Å²) >= 11 is 0. The minimum atomic E-state index is -0.138. The topological polar surface area (TPSA) is 52.0 Å². The van der Waals surface area contributed by atoms with Crippen molar-refractivity contribution < 1.29 is 0 Å². The highest BCUT2D eigenvalue weighted by Crippen LogP contribution is 2.41. The lowest BCUT2D eigenvalue weighted by Gasteiger charge is -2.32. The molecule has 38 heavy (non-hydrogen) atoms. The molecule has 3 aromatic carbocycles. The van der Waals surface area contributed by atoms with E-state index in [0.717, 1.165) is 11.4 Å². The van der Waals surface area contributed by atoms with Crippen LogP contribution in [-0.2, 0) is 10.8 Å². The van der Waals surface area contributed by atoms with E-state index >= 15 is 0 Å². The number of hydrogen-bond donors (Lipinski definition) is 2. The maximum atomic E-state index is 6.62. The Balaban J connectivity index is 2.08. The third kappa shape index (κ3) is 5.51. The number of benzene rings is 3. The predicted octanol–water partition coefficient (Wildman–Crippen LogP) is 10.00. The fourth-order valence-electron chi connectivity index (χ4n) is 5.67. The van der Waals surface area contributed by atoms with Crippen molar-refractivity contribution in [2.45, 2.75) is 118 Å². The Labute approximate surface area is 233 Å². The van der Waals surface area contributed by atoms with Gasteiger partial charge in [-0.1, -0.05) is 132 Å². The van der Waals surface area contributed by atoms with Gasteiger partial charge in [0, 0.05) is 22.2 Å². The maximum Gasteiger partial charge on any atom is 0.0384 e. The Morgan fingerprint density at radius 3 is 0.816 bits per heavy atom. The fourth-order valence-corrected chi connectivity index (χ4v) is 5.67. The minimum Gasteiger partial charge on any atom is -0.398 e. The summed E-state index contributed by atoms with van der Waals surface area (Å²) in [4.78, 5) is 0. The Bertz CT molecular complexity index is 1110. The molecule has 0 aromatic heterocycles. The number of rotatable bonds is 8. The van der Waals surface area contributed by atoms with Gasteiger partial charge in [-0.05, 0) is 68.2 Å². The molecule has 4 N–H and O–H groups in total. The smallest absolute Gasteiger partial charge is 0.0384 e. The molecule has 0 spiro atoms. The summed E-state index contributed by atoms with van der Waals surface area (Å²) in [6.07, 6.45) is 0. The first kappa shape index (κ1) is 29.8. The van der Waals surface area contributed by atoms with Crippen molar-refractivity contribution in [1.82, 2.24) is 0 Å². The number of nitrogen functional groups attached to an aromatic ring is 2. The molecule has 3 aromatic rings. The van der Waals surface area contributed by atoms with Gasteiger partial charge in [0.25, 0.3) is 0 Å². The van der Waals surface area contributed by atoms with Crippen molar-refractivity contribution >= 4 is 11.4 Å². The molecule has 0 unspecified atom stereocenters. The lowest BCUT2D eigenvalue weighted by Crippen LogP contribution is -2.23. The molecule has 2 heteroatoms. The summed E-state index contributed by atoms with van der Waals surface area (Å²) in [7, 11) is 0. The predicted molar refractivity (Wildman–Crippen MR) is 169 cm³/mol. The van der Waals surface area contributed by atoms with Crippen molar-refractivity contribution in [2.24, 2.45) is 0 Å². The molecule has 0 aliphatic rings. The monoisotopic (exact) mass is 512 g/mol. The highest BCUT2D eigenvalue weighted by Gasteiger charge is 2.29. The average Bonchev–Trinajstić information content (AvgIpc) is 2.83. The first-order valence-corrected chi connectivity index (χ1v) is 14.5. The van der Waals surface area contributed by atoms with E-state index in [4.69, 9.17) is 11.5 Å². The highest BCUT2D eigenvalue weighted by atomic mass is 14.6. The SMILES string of the molecule is CC(C)c1cc(C(C)(C)c2ccc(C(C)(C)c3cc(C(C)C)c(N)c(C(C)C)c3)cc2)cc(C(C)C)c1N. The summed E-state index contributed by atoms with van der Waals surface area (Å²) in [6.45, 7) is 27.2. The number of hydrogen-bond acceptors (Lipinski definition) is 2. The number of nitrogens with two attached hydrogens (primary N) is 2. The zero-order valence-electron chi connectivity index (χ0n) is 26.1. The van der Waals surface area contributed by atoms with Crippen LogP contribution in [0.4, 0.5) is 11.4 Å². The Kier molecular flexibility index (Phi) is 8.47. The maximum absolute atomic E-state index is 6.62. The van der Waals surface area contributed by atoms with E-state index in [1.165, 1.54) is 44.5 Å². The van der Waals surface area contributed by atoms with Crippen LogP contribution in [-0.4, -0.2) is 0 Å². The standard InChI is InChI=1S/C36H52N2/c1-21(2)29-17-27(18-30(22(3)4)33(29)37)35(9,10)25-13-15-26(16-14-25)36(11,12)28-19-31(23(5)6)34(38)32(20-28)24(7)8/h13-24H,37-38H2,1-12H3. The second-order valence-electron chi connectivity index (χ2n) is 13.6. The van der Waals surface area contributed by atoms with Crippen LogP contribution in [0.5, 0.6) is 0 Å². The first-order valence-electron chi connectivity index (χ1n) is 14.5. The van der Waals surface area contributed by atoms with Crippen molar-refractivity contribution in [3.63, 3.8) is 0 Å². The molecule has 3 rings (SSSR count). The van der Waals surface area contributed by atoms with Crippen molar-refractivity contribution in [3.8, 4) is 0 Å². The Morgan fingerprint density at radius 1 is 0.421 bits per heavy atom. The van der Waals surface area contributed by atoms with Crippen LogP contribution in [0, 0.1) is 0 Å². The van der Waals surface area contributed by atoms with Crippen molar-refractivity contribution in [1.29, 1.82) is 0 Å². The lowest BCUT2D eigenvalue weighted by molar-refractivity contribution is 0.622. The van der Waals surface area contributed by atoms with Crippen LogP contribution in [0.15, 0.2) is 48.5 Å². The summed E-state index contributed by atoms with van der Waals surface area (Å²) in [5.41, 5.74) is 25.2. The van der Waals surface area contributed by atoms with Gasteiger partial charge < -0.3 is 11.5 Å². The van der Waals surface area contributed by atoms with E-state index in [1.807, 2.05) is 0 Å². The van der Waals surface area contributed by atoms with Crippen LogP contribution < -0.4 is 11.5 Å². The fraction of sp³-hybridized carbons (Fsp3) is 0.500. The largest absolute Gasteiger partial charge is 0.398 e. The molecule has 0 amide bonds. The summed E-state index contributed by atoms with van der Waals surface area (Å²) in [6, 6.07) is 18.6. The van der Waals surface area contributed by atoms with Gasteiger partial charge in [-0.25, -0.2) is 0 Å². The van der Waals surface area contributed by atoms with Gasteiger partial charge in [-0.2, -0.15) is 0 Å². The van der Waals surface area contributed by atoms with Crippen LogP contribution in [0.25, 0.3) is 0 Å². The molecule has 206 valence electrons. The van der Waals surface area contributed by atoms with Gasteiger partial charge in [0.05, 0.1) is 0 Å². The molecule has 0 atom stereocenters. The third-order valence-electron chi connectivity index (χ3n) is 8.75. The first-order chi connectivity index (χ1) is 17.5. The lowest BCUT2D eigenvalue weighted by atomic mass is 9.72. The van der Waals surface area contributed by atoms with E-state index in [0.29, 0.717) is 23.7 Å². The molecule has 0 fully saturated rings. The molecule has 0 bridgehead atoms. The zero-order chi connectivity index (χ0) is 28.7. The van der Waals surface area contributed by atoms with Gasteiger partial charge in [0.1, 0.15) is 0 Å². The Hall–Kier alpha value is -2.74. The minimum absolute atomic E-state index is 0.138. The second kappa shape index (κ2) is 10.8. The van der Waals surface area contributed by atoms with E-state index in [-0.39, 0.29) is 10.8 Å². The van der Waals surface area contributed by atoms with Gasteiger partial charge in [0.15, 0.2) is 0 Å². The molecular formula is C36H52N2. The third-order valence-corrected chi connectivity index (χ3v) is 8.75. The molecular weight excluding hydrogens is 460 g/mol. The molecule has 0 saturated heterocycles. The molecule has 0 aliphatic heterocycles. The highest BCUT2D eigenvalue weighted by molar-refractivity contribution is 5.61. The van der Waals surface area contributed by atoms with Gasteiger partial charge in [0.2, 0.25) is 0 Å². The molecule has 0 aliphatic carbocycles. The summed E-state index contributed by atoms with van der Waals surface area (Å²) in [5.74, 6) is 1.55. The average molecular weight is 513 g/mol. The van der Waals surface area contributed by atoms with Crippen LogP contribution >= 0.6 is 0 Å². The normalized spacial score (nSPS) is 12.8. The summed E-state index contributed by atoms with van der Waals surface area (Å²) < 4.78 is 0. The van der Waals surface area contributed by atoms with E-state index in [9.17, 15) is 0 Å². The quantitative estimate of drug-likeness (QED) is 0.295. The van der Waals surface area contributed by atoms with E-state index < -0.39 is 0 Å². The van der Waals surface area contributed by atoms with Crippen LogP contribution in [0.2, 0.25) is 0 Å².